The van der Waals surface area contributed by atoms with Crippen molar-refractivity contribution in [3.05, 3.63) is 0 Å². The fraction of sp³-hybridized carbons (Fsp3) is 0.917. The molecule has 1 unspecified atom stereocenters. The fourth-order valence-electron chi connectivity index (χ4n) is 5.36. The highest BCUT2D eigenvalue weighted by Gasteiger charge is 2.51. The maximum absolute atomic E-state index is 12.7. The van der Waals surface area contributed by atoms with Crippen molar-refractivity contribution in [3.63, 3.8) is 0 Å². The molecule has 1 aliphatic carbocycles. The predicted octanol–water partition coefficient (Wildman–Crippen LogP) is -4.56. The molecule has 0 bridgehead atoms. The Morgan fingerprint density at radius 2 is 1.74 bits per heavy atom. The van der Waals surface area contributed by atoms with Crippen LogP contribution in [0, 0.1) is 0 Å². The Hall–Kier alpha value is -1.68. The maximum Gasteiger partial charge on any atom is 0.294 e. The molecule has 13 atom stereocenters. The number of rotatable bonds is 11. The Morgan fingerprint density at radius 1 is 1.07 bits per heavy atom. The molecule has 244 valence electrons. The molecular weight excluding hydrogens is 568 g/mol. The lowest BCUT2D eigenvalue weighted by atomic mass is 9.83. The molecule has 2 aliphatic heterocycles. The quantitative estimate of drug-likeness (QED) is 0.0776. The van der Waals surface area contributed by atoms with Crippen LogP contribution >= 0.6 is 0 Å². The topological polar surface area (TPSA) is 279 Å². The Bertz CT molecular complexity index is 937. The molecule has 16 nitrogen and oxygen atoms in total. The van der Waals surface area contributed by atoms with Crippen molar-refractivity contribution in [1.82, 2.24) is 5.32 Å². The first kappa shape index (κ1) is 34.8. The summed E-state index contributed by atoms with van der Waals surface area (Å²) in [5.74, 6) is -1.15. The van der Waals surface area contributed by atoms with E-state index in [9.17, 15) is 34.3 Å². The Labute approximate surface area is 242 Å². The van der Waals surface area contributed by atoms with Gasteiger partial charge in [0.25, 0.3) is 6.43 Å². The Kier molecular flexibility index (Phi) is 12.3. The molecule has 14 N–H and O–H groups in total. The van der Waals surface area contributed by atoms with E-state index in [-0.39, 0.29) is 25.4 Å². The summed E-state index contributed by atoms with van der Waals surface area (Å²) in [6, 6.07) is -3.38. The molecule has 42 heavy (non-hydrogen) atoms. The van der Waals surface area contributed by atoms with Gasteiger partial charge in [0.2, 0.25) is 0 Å². The van der Waals surface area contributed by atoms with Gasteiger partial charge in [-0.05, 0) is 33.2 Å². The van der Waals surface area contributed by atoms with Gasteiger partial charge in [0.1, 0.15) is 42.0 Å². The minimum absolute atomic E-state index is 0.00182. The van der Waals surface area contributed by atoms with Gasteiger partial charge >= 0.3 is 0 Å². The summed E-state index contributed by atoms with van der Waals surface area (Å²) in [4.78, 5) is 7.88. The standard InChI is InChI=1S/C24H45F2N7O9/c1-24(38)8-39-23(15(37)18(24)31-2)42-17-12(33-20(29)13(35)7-34)5-11(28)16(14(17)36)41-22-10(27)4-3-9(40-22)6-32-21(30)19(25)26/h9-19,22-23,31,34-38H,3-8,27-28H2,1-2H3,(H2,29,33)(H2,30,32)/t9-,10+,11-,12+,13?,14-,15+,16+,17-,18+,22+,23+,24-/m0/s1. The van der Waals surface area contributed by atoms with Gasteiger partial charge in [0.15, 0.2) is 18.4 Å². The number of nitrogens with two attached hydrogens (primary N) is 4. The lowest BCUT2D eigenvalue weighted by Crippen LogP contribution is -2.67. The van der Waals surface area contributed by atoms with E-state index in [1.54, 1.807) is 7.05 Å². The normalized spacial score (nSPS) is 43.0. The van der Waals surface area contributed by atoms with Crippen molar-refractivity contribution in [2.45, 2.75) is 112 Å². The molecule has 2 heterocycles. The summed E-state index contributed by atoms with van der Waals surface area (Å²) in [6.45, 7) is 0.406. The third kappa shape index (κ3) is 8.27. The number of amidine groups is 2. The van der Waals surface area contributed by atoms with Crippen LogP contribution in [0.3, 0.4) is 0 Å². The zero-order chi connectivity index (χ0) is 31.4. The number of alkyl halides is 2. The van der Waals surface area contributed by atoms with Gasteiger partial charge < -0.3 is 72.7 Å². The van der Waals surface area contributed by atoms with Crippen LogP contribution in [0.15, 0.2) is 9.98 Å². The Balaban J connectivity index is 1.82. The van der Waals surface area contributed by atoms with Gasteiger partial charge in [0.05, 0.1) is 44.0 Å². The average Bonchev–Trinajstić information content (AvgIpc) is 2.93. The van der Waals surface area contributed by atoms with E-state index in [4.69, 9.17) is 41.9 Å². The van der Waals surface area contributed by atoms with Crippen LogP contribution in [0.2, 0.25) is 0 Å². The average molecular weight is 614 g/mol. The zero-order valence-electron chi connectivity index (χ0n) is 23.6. The first-order valence-corrected chi connectivity index (χ1v) is 13.7. The molecule has 0 aromatic carbocycles. The van der Waals surface area contributed by atoms with E-state index in [0.717, 1.165) is 0 Å². The lowest BCUT2D eigenvalue weighted by Gasteiger charge is -2.48. The molecule has 18 heteroatoms. The van der Waals surface area contributed by atoms with Crippen molar-refractivity contribution in [3.8, 4) is 0 Å². The first-order chi connectivity index (χ1) is 19.7. The fourth-order valence-corrected chi connectivity index (χ4v) is 5.36. The predicted molar refractivity (Wildman–Crippen MR) is 144 cm³/mol. The van der Waals surface area contributed by atoms with Gasteiger partial charge in [-0.15, -0.1) is 0 Å². The van der Waals surface area contributed by atoms with Crippen LogP contribution in [-0.4, -0.2) is 149 Å². The highest BCUT2D eigenvalue weighted by Crippen LogP contribution is 2.33. The van der Waals surface area contributed by atoms with Crippen LogP contribution in [0.4, 0.5) is 8.78 Å². The number of ether oxygens (including phenoxy) is 4. The van der Waals surface area contributed by atoms with Gasteiger partial charge in [-0.25, -0.2) is 8.78 Å². The smallest absolute Gasteiger partial charge is 0.294 e. The van der Waals surface area contributed by atoms with E-state index < -0.39 is 97.8 Å². The molecule has 1 saturated carbocycles. The van der Waals surface area contributed by atoms with Crippen LogP contribution in [-0.2, 0) is 18.9 Å². The molecule has 2 saturated heterocycles. The number of aliphatic hydroxyl groups excluding tert-OH is 4. The highest BCUT2D eigenvalue weighted by molar-refractivity contribution is 5.85. The monoisotopic (exact) mass is 613 g/mol. The van der Waals surface area contributed by atoms with Crippen molar-refractivity contribution >= 4 is 11.7 Å². The van der Waals surface area contributed by atoms with E-state index in [1.807, 2.05) is 0 Å². The number of hydrogen-bond donors (Lipinski definition) is 10. The van der Waals surface area contributed by atoms with Gasteiger partial charge in [-0.3, -0.25) is 9.98 Å². The van der Waals surface area contributed by atoms with E-state index in [1.165, 1.54) is 6.92 Å². The third-order valence-corrected chi connectivity index (χ3v) is 7.74. The van der Waals surface area contributed by atoms with E-state index in [0.29, 0.717) is 12.8 Å². The first-order valence-electron chi connectivity index (χ1n) is 13.7. The van der Waals surface area contributed by atoms with Crippen molar-refractivity contribution in [1.29, 1.82) is 0 Å². The zero-order valence-corrected chi connectivity index (χ0v) is 23.6. The molecule has 0 aromatic heterocycles. The summed E-state index contributed by atoms with van der Waals surface area (Å²) >= 11 is 0. The summed E-state index contributed by atoms with van der Waals surface area (Å²) in [6.07, 6.45) is -12.0. The van der Waals surface area contributed by atoms with Crippen molar-refractivity contribution in [2.24, 2.45) is 32.9 Å². The molecule has 0 radical (unpaired) electrons. The lowest BCUT2D eigenvalue weighted by molar-refractivity contribution is -0.306. The number of nitrogens with zero attached hydrogens (tertiary/aromatic N) is 2. The number of hydrogen-bond acceptors (Lipinski definition) is 14. The summed E-state index contributed by atoms with van der Waals surface area (Å²) in [5, 5.41) is 55.0. The second-order valence-corrected chi connectivity index (χ2v) is 11.1. The SMILES string of the molecule is CN[C@@H]1[C@@H](O)[C@@H](O[C@@H]2[C@@H](O)[C@H](O[C@H]3O[C@H](CN=C(N)C(F)F)CC[C@H]3N)[C@@H](N)C[C@H]2N=C(N)C(O)CO)OC[C@]1(C)O. The number of likely N-dealkylation sites (N-methyl/N-ethyl adjacent to an activating group) is 1. The molecule has 3 aliphatic rings. The molecular formula is C24H45F2N7O9. The van der Waals surface area contributed by atoms with Crippen LogP contribution < -0.4 is 28.3 Å². The molecule has 3 fully saturated rings. The molecule has 0 spiro atoms. The second-order valence-electron chi connectivity index (χ2n) is 11.1. The third-order valence-electron chi connectivity index (χ3n) is 7.74. The second kappa shape index (κ2) is 14.9. The van der Waals surface area contributed by atoms with Crippen LogP contribution in [0.5, 0.6) is 0 Å². The van der Waals surface area contributed by atoms with Crippen molar-refractivity contribution in [2.75, 3.05) is 26.8 Å². The van der Waals surface area contributed by atoms with Gasteiger partial charge in [-0.1, -0.05) is 0 Å². The summed E-state index contributed by atoms with van der Waals surface area (Å²) < 4.78 is 48.9. The minimum Gasteiger partial charge on any atom is -0.393 e. The number of nitrogens with one attached hydrogen (secondary N) is 1. The highest BCUT2D eigenvalue weighted by atomic mass is 19.3. The molecule has 0 aromatic rings. The van der Waals surface area contributed by atoms with Gasteiger partial charge in [-0.2, -0.15) is 0 Å². The number of aliphatic imine (C=N–C) groups is 2. The summed E-state index contributed by atoms with van der Waals surface area (Å²) in [7, 11) is 1.54. The summed E-state index contributed by atoms with van der Waals surface area (Å²) in [5.41, 5.74) is 22.2. The van der Waals surface area contributed by atoms with Gasteiger partial charge in [0, 0.05) is 6.04 Å². The van der Waals surface area contributed by atoms with E-state index >= 15 is 0 Å². The number of halogens is 2. The minimum atomic E-state index is -2.90. The van der Waals surface area contributed by atoms with Crippen LogP contribution in [0.1, 0.15) is 26.2 Å². The molecule has 3 rings (SSSR count). The molecule has 0 amide bonds. The van der Waals surface area contributed by atoms with E-state index in [2.05, 4.69) is 15.3 Å². The van der Waals surface area contributed by atoms with Crippen LogP contribution in [0.25, 0.3) is 0 Å². The largest absolute Gasteiger partial charge is 0.393 e. The Morgan fingerprint density at radius 3 is 2.36 bits per heavy atom. The maximum atomic E-state index is 12.7. The van der Waals surface area contributed by atoms with Crippen molar-refractivity contribution < 1.29 is 53.3 Å². The number of aliphatic hydroxyl groups is 5.